The van der Waals surface area contributed by atoms with Crippen molar-refractivity contribution < 1.29 is 8.42 Å². The summed E-state index contributed by atoms with van der Waals surface area (Å²) in [5, 5.41) is 12.9. The first-order chi connectivity index (χ1) is 9.97. The molecule has 1 aromatic carbocycles. The van der Waals surface area contributed by atoms with Crippen molar-refractivity contribution in [2.45, 2.75) is 11.4 Å². The van der Waals surface area contributed by atoms with E-state index in [0.29, 0.717) is 5.02 Å². The smallest absolute Gasteiger partial charge is 0.240 e. The van der Waals surface area contributed by atoms with Crippen LogP contribution in [0.1, 0.15) is 5.69 Å². The minimum Gasteiger partial charge on any atom is -0.785 e. The molecule has 2 aromatic rings. The Hall–Kier alpha value is -1.38. The second kappa shape index (κ2) is 7.06. The fourth-order valence-electron chi connectivity index (χ4n) is 1.74. The van der Waals surface area contributed by atoms with Crippen LogP contribution in [0.5, 0.6) is 0 Å². The number of hydrogen-bond donors (Lipinski definition) is 2. The molecule has 2 N–H and O–H groups in total. The van der Waals surface area contributed by atoms with E-state index in [1.165, 1.54) is 24.3 Å². The molecular formula is C13H15ClN3O3S-. The summed E-state index contributed by atoms with van der Waals surface area (Å²) in [6.45, 7) is 0.288. The van der Waals surface area contributed by atoms with Crippen molar-refractivity contribution in [3.05, 3.63) is 58.5 Å². The van der Waals surface area contributed by atoms with Crippen LogP contribution in [0.4, 0.5) is 0 Å². The van der Waals surface area contributed by atoms with Crippen LogP contribution < -0.4 is 4.72 Å². The fraction of sp³-hybridized carbons (Fsp3) is 0.231. The molecule has 2 rings (SSSR count). The predicted molar refractivity (Wildman–Crippen MR) is 81.2 cm³/mol. The highest BCUT2D eigenvalue weighted by molar-refractivity contribution is 7.89. The van der Waals surface area contributed by atoms with Gasteiger partial charge >= 0.3 is 0 Å². The number of H-pyrrole nitrogens is 1. The molecule has 0 saturated heterocycles. The molecule has 0 unspecified atom stereocenters. The van der Waals surface area contributed by atoms with Gasteiger partial charge in [0, 0.05) is 30.0 Å². The van der Waals surface area contributed by atoms with Crippen molar-refractivity contribution in [1.82, 2.24) is 14.8 Å². The second-order valence-electron chi connectivity index (χ2n) is 4.41. The average Bonchev–Trinajstić information content (AvgIpc) is 2.91. The van der Waals surface area contributed by atoms with Crippen LogP contribution in [-0.2, 0) is 16.6 Å². The zero-order chi connectivity index (χ0) is 15.3. The highest BCUT2D eigenvalue weighted by atomic mass is 35.5. The zero-order valence-corrected chi connectivity index (χ0v) is 12.7. The highest BCUT2D eigenvalue weighted by Crippen LogP contribution is 2.13. The Balaban J connectivity index is 1.83. The van der Waals surface area contributed by atoms with Crippen molar-refractivity contribution >= 4 is 21.6 Å². The monoisotopic (exact) mass is 328 g/mol. The van der Waals surface area contributed by atoms with Crippen LogP contribution in [0.2, 0.25) is 5.02 Å². The third-order valence-corrected chi connectivity index (χ3v) is 4.52. The third kappa shape index (κ3) is 4.83. The second-order valence-corrected chi connectivity index (χ2v) is 6.61. The van der Waals surface area contributed by atoms with Gasteiger partial charge in [0.1, 0.15) is 0 Å². The molecule has 0 saturated carbocycles. The lowest BCUT2D eigenvalue weighted by Crippen LogP contribution is -2.32. The van der Waals surface area contributed by atoms with Gasteiger partial charge in [-0.05, 0) is 42.9 Å². The van der Waals surface area contributed by atoms with Gasteiger partial charge in [-0.3, -0.25) is 0 Å². The van der Waals surface area contributed by atoms with Crippen LogP contribution in [0.15, 0.2) is 47.5 Å². The fourth-order valence-corrected chi connectivity index (χ4v) is 2.88. The van der Waals surface area contributed by atoms with Crippen LogP contribution in [0.25, 0.3) is 0 Å². The van der Waals surface area contributed by atoms with Crippen LogP contribution in [-0.4, -0.2) is 31.6 Å². The van der Waals surface area contributed by atoms with Gasteiger partial charge in [0.25, 0.3) is 0 Å². The largest absolute Gasteiger partial charge is 0.785 e. The molecule has 0 atom stereocenters. The number of aromatic amines is 1. The summed E-state index contributed by atoms with van der Waals surface area (Å²) in [4.78, 5) is 3.03. The number of nitrogens with one attached hydrogen (secondary N) is 2. The van der Waals surface area contributed by atoms with Crippen molar-refractivity contribution in [2.75, 3.05) is 13.1 Å². The number of hydroxylamine groups is 2. The van der Waals surface area contributed by atoms with E-state index in [1.54, 1.807) is 18.3 Å². The Bertz CT molecular complexity index is 656. The molecule has 0 fully saturated rings. The van der Waals surface area contributed by atoms with Gasteiger partial charge in [0.2, 0.25) is 10.0 Å². The normalized spacial score (nSPS) is 12.0. The number of hydrogen-bond acceptors (Lipinski definition) is 4. The lowest BCUT2D eigenvalue weighted by atomic mass is 10.4. The standard InChI is InChI=1S/C13H15ClN3O3S/c14-11-3-5-13(6-4-11)21(19,20)16-8-9-17(18)10-12-2-1-7-15-12/h1-7,15-16H,8-10H2/q-1. The third-order valence-electron chi connectivity index (χ3n) is 2.79. The van der Waals surface area contributed by atoms with E-state index < -0.39 is 10.0 Å². The molecule has 1 heterocycles. The minimum absolute atomic E-state index is 0.0369. The van der Waals surface area contributed by atoms with Crippen molar-refractivity contribution in [3.63, 3.8) is 0 Å². The van der Waals surface area contributed by atoms with Gasteiger partial charge in [0.05, 0.1) is 4.90 Å². The van der Waals surface area contributed by atoms with Gasteiger partial charge in [-0.1, -0.05) is 11.6 Å². The maximum Gasteiger partial charge on any atom is 0.240 e. The van der Waals surface area contributed by atoms with E-state index in [4.69, 9.17) is 11.6 Å². The molecule has 0 aliphatic heterocycles. The molecule has 6 nitrogen and oxygen atoms in total. The number of nitrogens with zero attached hydrogens (tertiary/aromatic N) is 1. The first-order valence-electron chi connectivity index (χ1n) is 6.27. The predicted octanol–water partition coefficient (Wildman–Crippen LogP) is 1.95. The Morgan fingerprint density at radius 3 is 2.57 bits per heavy atom. The van der Waals surface area contributed by atoms with E-state index >= 15 is 0 Å². The van der Waals surface area contributed by atoms with Crippen LogP contribution in [0.3, 0.4) is 0 Å². The summed E-state index contributed by atoms with van der Waals surface area (Å²) in [6.07, 6.45) is 1.73. The van der Waals surface area contributed by atoms with E-state index in [-0.39, 0.29) is 24.5 Å². The molecule has 21 heavy (non-hydrogen) atoms. The average molecular weight is 329 g/mol. The molecule has 0 bridgehead atoms. The molecule has 114 valence electrons. The summed E-state index contributed by atoms with van der Waals surface area (Å²) in [5.41, 5.74) is 0.783. The quantitative estimate of drug-likeness (QED) is 0.760. The highest BCUT2D eigenvalue weighted by Gasteiger charge is 2.12. The topological polar surface area (TPSA) is 88.3 Å². The van der Waals surface area contributed by atoms with E-state index in [9.17, 15) is 13.6 Å². The number of rotatable bonds is 7. The SMILES string of the molecule is O=S(=O)(NCCN([O-])Cc1ccc[nH]1)c1ccc(Cl)cc1. The Morgan fingerprint density at radius 1 is 1.24 bits per heavy atom. The Kier molecular flexibility index (Phi) is 5.38. The molecule has 0 amide bonds. The zero-order valence-electron chi connectivity index (χ0n) is 11.1. The summed E-state index contributed by atoms with van der Waals surface area (Å²) in [7, 11) is -3.62. The molecule has 0 aliphatic carbocycles. The van der Waals surface area contributed by atoms with Gasteiger partial charge < -0.3 is 15.3 Å². The lowest BCUT2D eigenvalue weighted by Gasteiger charge is -2.27. The molecule has 8 heteroatoms. The Labute approximate surface area is 128 Å². The van der Waals surface area contributed by atoms with E-state index in [2.05, 4.69) is 9.71 Å². The van der Waals surface area contributed by atoms with Crippen molar-refractivity contribution in [1.29, 1.82) is 0 Å². The summed E-state index contributed by atoms with van der Waals surface area (Å²) in [5.74, 6) is 0. The van der Waals surface area contributed by atoms with Crippen molar-refractivity contribution in [2.24, 2.45) is 0 Å². The minimum atomic E-state index is -3.62. The maximum atomic E-state index is 12.0. The van der Waals surface area contributed by atoms with Gasteiger partial charge in [-0.15, -0.1) is 0 Å². The summed E-state index contributed by atoms with van der Waals surface area (Å²) < 4.78 is 26.3. The first kappa shape index (κ1) is 16.0. The first-order valence-corrected chi connectivity index (χ1v) is 8.13. The number of aromatic nitrogens is 1. The summed E-state index contributed by atoms with van der Waals surface area (Å²) >= 11 is 5.71. The maximum absolute atomic E-state index is 12.0. The Morgan fingerprint density at radius 2 is 1.95 bits per heavy atom. The molecule has 0 radical (unpaired) electrons. The molecular weight excluding hydrogens is 314 g/mol. The summed E-state index contributed by atoms with van der Waals surface area (Å²) in [6, 6.07) is 9.43. The molecule has 0 aliphatic rings. The molecule has 0 spiro atoms. The number of sulfonamides is 1. The van der Waals surface area contributed by atoms with E-state index in [0.717, 1.165) is 10.8 Å². The van der Waals surface area contributed by atoms with Crippen LogP contribution in [0, 0.1) is 5.21 Å². The lowest BCUT2D eigenvalue weighted by molar-refractivity contribution is 0.371. The van der Waals surface area contributed by atoms with Gasteiger partial charge in [-0.2, -0.15) is 0 Å². The van der Waals surface area contributed by atoms with E-state index in [1.807, 2.05) is 0 Å². The molecule has 1 aromatic heterocycles. The van der Waals surface area contributed by atoms with Crippen molar-refractivity contribution in [3.8, 4) is 0 Å². The van der Waals surface area contributed by atoms with Crippen LogP contribution >= 0.6 is 11.6 Å². The van der Waals surface area contributed by atoms with Gasteiger partial charge in [0.15, 0.2) is 0 Å². The van der Waals surface area contributed by atoms with Gasteiger partial charge in [-0.25, -0.2) is 13.1 Å². The number of benzene rings is 1. The number of halogens is 1.